The number of imide groups is 1. The van der Waals surface area contributed by atoms with Crippen molar-refractivity contribution in [2.45, 2.75) is 19.8 Å². The molecule has 0 saturated carbocycles. The molecule has 0 bridgehead atoms. The molecule has 0 aliphatic carbocycles. The summed E-state index contributed by atoms with van der Waals surface area (Å²) in [6.45, 7) is 2.58. The lowest BCUT2D eigenvalue weighted by molar-refractivity contribution is -0.121. The third kappa shape index (κ3) is 3.45. The van der Waals surface area contributed by atoms with Crippen molar-refractivity contribution >= 4 is 34.7 Å². The number of carbonyl (C=O) groups excluding carboxylic acids is 3. The molecule has 30 heavy (non-hydrogen) atoms. The monoisotopic (exact) mass is 411 g/mol. The van der Waals surface area contributed by atoms with Crippen LogP contribution in [0.15, 0.2) is 48.2 Å². The van der Waals surface area contributed by atoms with E-state index in [0.717, 1.165) is 31.0 Å². The average Bonchev–Trinajstić information content (AvgIpc) is 3.31. The maximum atomic E-state index is 14.4. The van der Waals surface area contributed by atoms with Gasteiger partial charge in [0.05, 0.1) is 11.3 Å². The first-order valence-corrected chi connectivity index (χ1v) is 9.58. The van der Waals surface area contributed by atoms with Gasteiger partial charge in [0.25, 0.3) is 11.8 Å². The predicted octanol–water partition coefficient (Wildman–Crippen LogP) is 3.30. The zero-order valence-electron chi connectivity index (χ0n) is 16.2. The van der Waals surface area contributed by atoms with E-state index in [1.54, 1.807) is 24.3 Å². The molecule has 2 aliphatic rings. The number of amides is 3. The first kappa shape index (κ1) is 19.8. The lowest BCUT2D eigenvalue weighted by Gasteiger charge is -2.20. The van der Waals surface area contributed by atoms with Gasteiger partial charge in [-0.3, -0.25) is 14.4 Å². The quantitative estimate of drug-likeness (QED) is 0.784. The molecule has 154 valence electrons. The molecule has 0 aromatic heterocycles. The molecule has 0 spiro atoms. The van der Waals surface area contributed by atoms with Crippen molar-refractivity contribution in [3.8, 4) is 0 Å². The van der Waals surface area contributed by atoms with E-state index in [-0.39, 0.29) is 17.2 Å². The van der Waals surface area contributed by atoms with Gasteiger partial charge in [-0.1, -0.05) is 12.1 Å². The first-order chi connectivity index (χ1) is 14.4. The molecular formula is C22H19F2N3O3. The molecule has 0 unspecified atom stereocenters. The van der Waals surface area contributed by atoms with E-state index in [4.69, 9.17) is 0 Å². The first-order valence-electron chi connectivity index (χ1n) is 9.58. The normalized spacial score (nSPS) is 16.6. The van der Waals surface area contributed by atoms with Crippen molar-refractivity contribution in [2.24, 2.45) is 0 Å². The predicted molar refractivity (Wildman–Crippen MR) is 107 cm³/mol. The van der Waals surface area contributed by atoms with Gasteiger partial charge in [-0.25, -0.2) is 13.7 Å². The second kappa shape index (κ2) is 7.70. The number of halogens is 2. The Kier molecular flexibility index (Phi) is 5.07. The highest BCUT2D eigenvalue weighted by molar-refractivity contribution is 6.45. The van der Waals surface area contributed by atoms with E-state index >= 15 is 0 Å². The number of nitrogens with one attached hydrogen (secondary N) is 1. The van der Waals surface area contributed by atoms with Crippen molar-refractivity contribution in [3.05, 3.63) is 65.4 Å². The maximum Gasteiger partial charge on any atom is 0.282 e. The van der Waals surface area contributed by atoms with Crippen molar-refractivity contribution < 1.29 is 23.2 Å². The topological polar surface area (TPSA) is 69.7 Å². The number of likely N-dealkylation sites (tertiary alicyclic amines) is 1. The summed E-state index contributed by atoms with van der Waals surface area (Å²) in [5, 5.41) is 2.64. The Morgan fingerprint density at radius 3 is 2.27 bits per heavy atom. The minimum absolute atomic E-state index is 0.139. The van der Waals surface area contributed by atoms with Gasteiger partial charge in [0.2, 0.25) is 5.91 Å². The molecule has 1 fully saturated rings. The Balaban J connectivity index is 1.80. The summed E-state index contributed by atoms with van der Waals surface area (Å²) in [5.41, 5.74) is 0.919. The molecule has 6 nitrogen and oxygen atoms in total. The number of hydrogen-bond acceptors (Lipinski definition) is 4. The summed E-state index contributed by atoms with van der Waals surface area (Å²) in [6.07, 6.45) is 1.74. The Hall–Kier alpha value is -3.55. The minimum atomic E-state index is -0.860. The molecule has 2 heterocycles. The molecule has 2 aromatic carbocycles. The van der Waals surface area contributed by atoms with Crippen LogP contribution in [0.1, 0.15) is 25.3 Å². The zero-order valence-corrected chi connectivity index (χ0v) is 16.2. The Morgan fingerprint density at radius 2 is 1.63 bits per heavy atom. The van der Waals surface area contributed by atoms with Crippen molar-refractivity contribution in [1.29, 1.82) is 0 Å². The van der Waals surface area contributed by atoms with Gasteiger partial charge in [-0.05, 0) is 42.7 Å². The van der Waals surface area contributed by atoms with Crippen LogP contribution in [-0.2, 0) is 14.4 Å². The van der Waals surface area contributed by atoms with E-state index in [1.807, 2.05) is 4.90 Å². The molecule has 0 atom stereocenters. The summed E-state index contributed by atoms with van der Waals surface area (Å²) < 4.78 is 28.1. The van der Waals surface area contributed by atoms with Crippen LogP contribution in [0.2, 0.25) is 0 Å². The molecule has 0 radical (unpaired) electrons. The fraction of sp³-hybridized carbons (Fsp3) is 0.227. The lowest BCUT2D eigenvalue weighted by Crippen LogP contribution is -2.35. The van der Waals surface area contributed by atoms with Gasteiger partial charge >= 0.3 is 0 Å². The number of anilines is 2. The second-order valence-electron chi connectivity index (χ2n) is 7.22. The third-order valence-electron chi connectivity index (χ3n) is 5.12. The third-order valence-corrected chi connectivity index (χ3v) is 5.12. The number of benzene rings is 2. The fourth-order valence-corrected chi connectivity index (χ4v) is 3.81. The van der Waals surface area contributed by atoms with Crippen LogP contribution in [0.3, 0.4) is 0 Å². The van der Waals surface area contributed by atoms with Crippen LogP contribution >= 0.6 is 0 Å². The Bertz CT molecular complexity index is 1070. The second-order valence-corrected chi connectivity index (χ2v) is 7.22. The molecule has 4 rings (SSSR count). The molecule has 1 saturated heterocycles. The highest BCUT2D eigenvalue weighted by atomic mass is 19.1. The Labute approximate surface area is 171 Å². The lowest BCUT2D eigenvalue weighted by atomic mass is 10.0. The SMILES string of the molecule is CC(=O)Nc1ccc(C2=C(N3CCCC3)C(=O)N(c3cc(F)ccc3F)C2=O)cc1. The van der Waals surface area contributed by atoms with E-state index < -0.39 is 29.1 Å². The smallest absolute Gasteiger partial charge is 0.282 e. The molecule has 1 N–H and O–H groups in total. The number of carbonyl (C=O) groups is 3. The molecule has 8 heteroatoms. The summed E-state index contributed by atoms with van der Waals surface area (Å²) in [5.74, 6) is -3.23. The van der Waals surface area contributed by atoms with Crippen molar-refractivity contribution in [2.75, 3.05) is 23.3 Å². The zero-order chi connectivity index (χ0) is 21.4. The van der Waals surface area contributed by atoms with Crippen LogP contribution < -0.4 is 10.2 Å². The summed E-state index contributed by atoms with van der Waals surface area (Å²) in [4.78, 5) is 40.2. The molecular weight excluding hydrogens is 392 g/mol. The number of hydrogen-bond donors (Lipinski definition) is 1. The molecule has 3 amide bonds. The van der Waals surface area contributed by atoms with E-state index in [1.165, 1.54) is 6.92 Å². The summed E-state index contributed by atoms with van der Waals surface area (Å²) >= 11 is 0. The number of nitrogens with zero attached hydrogens (tertiary/aromatic N) is 2. The molecule has 2 aromatic rings. The van der Waals surface area contributed by atoms with Gasteiger partial charge in [0, 0.05) is 31.8 Å². The van der Waals surface area contributed by atoms with Crippen LogP contribution in [0.5, 0.6) is 0 Å². The van der Waals surface area contributed by atoms with Crippen molar-refractivity contribution in [3.63, 3.8) is 0 Å². The standard InChI is InChI=1S/C22H19F2N3O3/c1-13(28)25-16-7-4-14(5-8-16)19-20(26-10-2-3-11-26)22(30)27(21(19)29)18-12-15(23)6-9-17(18)24/h4-9,12H,2-3,10-11H2,1H3,(H,25,28). The van der Waals surface area contributed by atoms with Crippen molar-refractivity contribution in [1.82, 2.24) is 4.90 Å². The number of rotatable bonds is 4. The summed E-state index contributed by atoms with van der Waals surface area (Å²) in [6, 6.07) is 9.14. The van der Waals surface area contributed by atoms with Crippen LogP contribution in [0.25, 0.3) is 5.57 Å². The van der Waals surface area contributed by atoms with Gasteiger partial charge in [0.15, 0.2) is 0 Å². The molecule has 2 aliphatic heterocycles. The van der Waals surface area contributed by atoms with E-state index in [9.17, 15) is 23.2 Å². The minimum Gasteiger partial charge on any atom is -0.366 e. The van der Waals surface area contributed by atoms with E-state index in [2.05, 4.69) is 5.32 Å². The Morgan fingerprint density at radius 1 is 0.967 bits per heavy atom. The average molecular weight is 411 g/mol. The largest absolute Gasteiger partial charge is 0.366 e. The highest BCUT2D eigenvalue weighted by Gasteiger charge is 2.44. The maximum absolute atomic E-state index is 14.4. The van der Waals surface area contributed by atoms with E-state index in [0.29, 0.717) is 29.2 Å². The van der Waals surface area contributed by atoms with Gasteiger partial charge in [-0.2, -0.15) is 0 Å². The van der Waals surface area contributed by atoms with Crippen LogP contribution in [0, 0.1) is 11.6 Å². The van der Waals surface area contributed by atoms with Gasteiger partial charge in [-0.15, -0.1) is 0 Å². The van der Waals surface area contributed by atoms with Gasteiger partial charge in [0.1, 0.15) is 17.3 Å². The van der Waals surface area contributed by atoms with Crippen LogP contribution in [-0.4, -0.2) is 35.7 Å². The fourth-order valence-electron chi connectivity index (χ4n) is 3.81. The highest BCUT2D eigenvalue weighted by Crippen LogP contribution is 2.37. The summed E-state index contributed by atoms with van der Waals surface area (Å²) in [7, 11) is 0. The van der Waals surface area contributed by atoms with Crippen LogP contribution in [0.4, 0.5) is 20.2 Å². The van der Waals surface area contributed by atoms with Gasteiger partial charge < -0.3 is 10.2 Å².